The van der Waals surface area contributed by atoms with Crippen molar-refractivity contribution in [3.8, 4) is 0 Å². The van der Waals surface area contributed by atoms with Crippen LogP contribution in [0, 0.1) is 18.7 Å². The lowest BCUT2D eigenvalue weighted by atomic mass is 9.96. The molecule has 5 heteroatoms. The van der Waals surface area contributed by atoms with Crippen LogP contribution in [-0.4, -0.2) is 24.0 Å². The summed E-state index contributed by atoms with van der Waals surface area (Å²) in [7, 11) is 0. The van der Waals surface area contributed by atoms with E-state index in [0.29, 0.717) is 12.4 Å². The molecular weight excluding hydrogens is 293 g/mol. The second-order valence-electron chi connectivity index (χ2n) is 5.97. The number of carbonyl (C=O) groups is 1. The van der Waals surface area contributed by atoms with Crippen LogP contribution in [0.1, 0.15) is 18.4 Å². The average Bonchev–Trinajstić information content (AvgIpc) is 2.58. The number of amides is 1. The van der Waals surface area contributed by atoms with E-state index >= 15 is 0 Å². The van der Waals surface area contributed by atoms with Crippen molar-refractivity contribution >= 4 is 17.4 Å². The van der Waals surface area contributed by atoms with E-state index in [1.54, 1.807) is 18.3 Å². The number of hydrogen-bond donors (Lipinski definition) is 1. The molecule has 1 unspecified atom stereocenters. The van der Waals surface area contributed by atoms with E-state index in [1.165, 1.54) is 12.1 Å². The summed E-state index contributed by atoms with van der Waals surface area (Å²) in [6, 6.07) is 10.2. The van der Waals surface area contributed by atoms with E-state index in [-0.39, 0.29) is 17.6 Å². The van der Waals surface area contributed by atoms with Crippen LogP contribution in [0.25, 0.3) is 0 Å². The normalized spacial score (nSPS) is 17.8. The first-order valence-corrected chi connectivity index (χ1v) is 7.86. The van der Waals surface area contributed by atoms with Crippen LogP contribution in [0.4, 0.5) is 15.9 Å². The van der Waals surface area contributed by atoms with E-state index < -0.39 is 0 Å². The number of anilines is 2. The van der Waals surface area contributed by atoms with Gasteiger partial charge in [-0.3, -0.25) is 4.79 Å². The molecule has 1 atom stereocenters. The lowest BCUT2D eigenvalue weighted by molar-refractivity contribution is -0.120. The van der Waals surface area contributed by atoms with Crippen molar-refractivity contribution in [3.05, 3.63) is 54.0 Å². The van der Waals surface area contributed by atoms with Gasteiger partial charge in [0, 0.05) is 25.0 Å². The maximum absolute atomic E-state index is 13.0. The molecule has 23 heavy (non-hydrogen) atoms. The number of rotatable bonds is 3. The zero-order valence-electron chi connectivity index (χ0n) is 13.1. The Hall–Kier alpha value is -2.43. The predicted octanol–water partition coefficient (Wildman–Crippen LogP) is 3.38. The molecule has 1 amide bonds. The fourth-order valence-corrected chi connectivity index (χ4v) is 2.85. The minimum absolute atomic E-state index is 0.00633. The number of aromatic nitrogens is 1. The van der Waals surface area contributed by atoms with Crippen LogP contribution >= 0.6 is 0 Å². The summed E-state index contributed by atoms with van der Waals surface area (Å²) >= 11 is 0. The van der Waals surface area contributed by atoms with Gasteiger partial charge in [-0.15, -0.1) is 0 Å². The Morgan fingerprint density at radius 2 is 2.04 bits per heavy atom. The number of nitrogens with zero attached hydrogens (tertiary/aromatic N) is 2. The predicted molar refractivity (Wildman–Crippen MR) is 88.9 cm³/mol. The van der Waals surface area contributed by atoms with Gasteiger partial charge in [0.25, 0.3) is 0 Å². The van der Waals surface area contributed by atoms with Gasteiger partial charge in [0.15, 0.2) is 0 Å². The standard InChI is InChI=1S/C18H20FN3O/c1-13-4-9-17(20-11-13)21-18(23)14-3-2-10-22(12-14)16-7-5-15(19)6-8-16/h4-9,11,14H,2-3,10,12H2,1H3,(H,20,21,23). The molecule has 1 N–H and O–H groups in total. The zero-order valence-corrected chi connectivity index (χ0v) is 13.1. The van der Waals surface area contributed by atoms with Crippen molar-refractivity contribution in [1.82, 2.24) is 4.98 Å². The lowest BCUT2D eigenvalue weighted by Gasteiger charge is -2.33. The largest absolute Gasteiger partial charge is 0.371 e. The first-order chi connectivity index (χ1) is 11.1. The minimum atomic E-state index is -0.245. The van der Waals surface area contributed by atoms with Crippen LogP contribution in [0.2, 0.25) is 0 Å². The Balaban J connectivity index is 1.64. The molecule has 0 saturated carbocycles. The Bertz CT molecular complexity index is 670. The van der Waals surface area contributed by atoms with Gasteiger partial charge in [0.05, 0.1) is 5.92 Å². The third-order valence-corrected chi connectivity index (χ3v) is 4.15. The molecule has 0 spiro atoms. The van der Waals surface area contributed by atoms with Gasteiger partial charge in [-0.2, -0.15) is 0 Å². The summed E-state index contributed by atoms with van der Waals surface area (Å²) in [6.45, 7) is 3.49. The summed E-state index contributed by atoms with van der Waals surface area (Å²) < 4.78 is 13.0. The maximum atomic E-state index is 13.0. The highest BCUT2D eigenvalue weighted by atomic mass is 19.1. The summed E-state index contributed by atoms with van der Waals surface area (Å²) in [5.41, 5.74) is 2.01. The average molecular weight is 313 g/mol. The minimum Gasteiger partial charge on any atom is -0.371 e. The third kappa shape index (κ3) is 3.86. The highest BCUT2D eigenvalue weighted by Crippen LogP contribution is 2.24. The van der Waals surface area contributed by atoms with E-state index in [0.717, 1.165) is 30.6 Å². The van der Waals surface area contributed by atoms with Crippen molar-refractivity contribution < 1.29 is 9.18 Å². The van der Waals surface area contributed by atoms with Gasteiger partial charge in [-0.25, -0.2) is 9.37 Å². The fourth-order valence-electron chi connectivity index (χ4n) is 2.85. The third-order valence-electron chi connectivity index (χ3n) is 4.15. The molecule has 1 aromatic heterocycles. The van der Waals surface area contributed by atoms with Gasteiger partial charge in [-0.05, 0) is 55.7 Å². The quantitative estimate of drug-likeness (QED) is 0.945. The summed E-state index contributed by atoms with van der Waals surface area (Å²) in [5.74, 6) is 0.245. The SMILES string of the molecule is Cc1ccc(NC(=O)C2CCCN(c3ccc(F)cc3)C2)nc1. The van der Waals surface area contributed by atoms with Crippen LogP contribution in [0.3, 0.4) is 0 Å². The number of halogens is 1. The highest BCUT2D eigenvalue weighted by molar-refractivity contribution is 5.92. The topological polar surface area (TPSA) is 45.2 Å². The first-order valence-electron chi connectivity index (χ1n) is 7.86. The lowest BCUT2D eigenvalue weighted by Crippen LogP contribution is -2.40. The van der Waals surface area contributed by atoms with E-state index in [2.05, 4.69) is 15.2 Å². The summed E-state index contributed by atoms with van der Waals surface area (Å²) in [4.78, 5) is 18.8. The van der Waals surface area contributed by atoms with Gasteiger partial charge in [-0.1, -0.05) is 6.07 Å². The number of aryl methyl sites for hydroxylation is 1. The van der Waals surface area contributed by atoms with Crippen molar-refractivity contribution in [1.29, 1.82) is 0 Å². The molecule has 120 valence electrons. The molecule has 2 heterocycles. The Kier molecular flexibility index (Phi) is 4.55. The van der Waals surface area contributed by atoms with Gasteiger partial charge >= 0.3 is 0 Å². The summed E-state index contributed by atoms with van der Waals surface area (Å²) in [5, 5.41) is 2.88. The molecule has 1 fully saturated rings. The maximum Gasteiger partial charge on any atom is 0.230 e. The van der Waals surface area contributed by atoms with Crippen molar-refractivity contribution in [2.75, 3.05) is 23.3 Å². The van der Waals surface area contributed by atoms with E-state index in [1.807, 2.05) is 19.1 Å². The molecule has 4 nitrogen and oxygen atoms in total. The number of nitrogens with one attached hydrogen (secondary N) is 1. The molecule has 3 rings (SSSR count). The zero-order chi connectivity index (χ0) is 16.2. The van der Waals surface area contributed by atoms with Crippen LogP contribution < -0.4 is 10.2 Å². The number of benzene rings is 1. The Morgan fingerprint density at radius 1 is 1.26 bits per heavy atom. The molecule has 1 aromatic carbocycles. The number of hydrogen-bond acceptors (Lipinski definition) is 3. The molecule has 0 bridgehead atoms. The summed E-state index contributed by atoms with van der Waals surface area (Å²) in [6.07, 6.45) is 3.54. The molecule has 1 saturated heterocycles. The Labute approximate surface area is 135 Å². The van der Waals surface area contributed by atoms with Crippen molar-refractivity contribution in [2.24, 2.45) is 5.92 Å². The molecule has 0 aliphatic carbocycles. The second-order valence-corrected chi connectivity index (χ2v) is 5.97. The van der Waals surface area contributed by atoms with E-state index in [4.69, 9.17) is 0 Å². The first kappa shape index (κ1) is 15.5. The number of carbonyl (C=O) groups excluding carboxylic acids is 1. The number of pyridine rings is 1. The van der Waals surface area contributed by atoms with Gasteiger partial charge in [0.2, 0.25) is 5.91 Å². The molecule has 1 aliphatic heterocycles. The molecule has 2 aromatic rings. The molecule has 0 radical (unpaired) electrons. The van der Waals surface area contributed by atoms with Crippen LogP contribution in [-0.2, 0) is 4.79 Å². The van der Waals surface area contributed by atoms with Crippen molar-refractivity contribution in [2.45, 2.75) is 19.8 Å². The second kappa shape index (κ2) is 6.77. The smallest absolute Gasteiger partial charge is 0.230 e. The molecular formula is C18H20FN3O. The van der Waals surface area contributed by atoms with Crippen molar-refractivity contribution in [3.63, 3.8) is 0 Å². The van der Waals surface area contributed by atoms with Gasteiger partial charge < -0.3 is 10.2 Å². The fraction of sp³-hybridized carbons (Fsp3) is 0.333. The number of piperidine rings is 1. The Morgan fingerprint density at radius 3 is 2.74 bits per heavy atom. The van der Waals surface area contributed by atoms with Crippen LogP contribution in [0.5, 0.6) is 0 Å². The highest BCUT2D eigenvalue weighted by Gasteiger charge is 2.26. The van der Waals surface area contributed by atoms with Gasteiger partial charge in [0.1, 0.15) is 11.6 Å². The van der Waals surface area contributed by atoms with E-state index in [9.17, 15) is 9.18 Å². The monoisotopic (exact) mass is 313 g/mol. The van der Waals surface area contributed by atoms with Crippen LogP contribution in [0.15, 0.2) is 42.6 Å². The molecule has 1 aliphatic rings.